The SMILES string of the molecule is CN[C@@H]1CCC[C@H](C)CC1.[HH]. The number of nitrogens with one attached hydrogen (secondary N) is 1. The van der Waals surface area contributed by atoms with Crippen LogP contribution in [0.15, 0.2) is 0 Å². The minimum Gasteiger partial charge on any atom is -0.317 e. The van der Waals surface area contributed by atoms with Crippen LogP contribution in [0.3, 0.4) is 0 Å². The third kappa shape index (κ3) is 2.30. The van der Waals surface area contributed by atoms with Gasteiger partial charge in [-0.25, -0.2) is 0 Å². The van der Waals surface area contributed by atoms with Crippen LogP contribution in [0.4, 0.5) is 0 Å². The molecule has 1 fully saturated rings. The molecule has 0 spiro atoms. The van der Waals surface area contributed by atoms with Crippen LogP contribution in [0.1, 0.15) is 40.5 Å². The second-order valence-electron chi connectivity index (χ2n) is 3.60. The average molecular weight is 143 g/mol. The van der Waals surface area contributed by atoms with Gasteiger partial charge >= 0.3 is 0 Å². The Hall–Kier alpha value is -0.0400. The highest BCUT2D eigenvalue weighted by atomic mass is 14.9. The lowest BCUT2D eigenvalue weighted by Crippen LogP contribution is -2.23. The van der Waals surface area contributed by atoms with Crippen molar-refractivity contribution in [2.75, 3.05) is 7.05 Å². The maximum atomic E-state index is 3.36. The highest BCUT2D eigenvalue weighted by Gasteiger charge is 2.13. The van der Waals surface area contributed by atoms with E-state index in [2.05, 4.69) is 19.3 Å². The zero-order valence-electron chi connectivity index (χ0n) is 7.19. The van der Waals surface area contributed by atoms with Gasteiger partial charge in [0.15, 0.2) is 0 Å². The van der Waals surface area contributed by atoms with Gasteiger partial charge in [-0.3, -0.25) is 0 Å². The summed E-state index contributed by atoms with van der Waals surface area (Å²) in [7, 11) is 2.08. The van der Waals surface area contributed by atoms with Gasteiger partial charge in [-0.05, 0) is 32.2 Å². The largest absolute Gasteiger partial charge is 0.317 e. The molecule has 62 valence electrons. The van der Waals surface area contributed by atoms with Crippen LogP contribution in [-0.2, 0) is 0 Å². The Morgan fingerprint density at radius 2 is 2.00 bits per heavy atom. The topological polar surface area (TPSA) is 12.0 Å². The van der Waals surface area contributed by atoms with Crippen LogP contribution in [0, 0.1) is 5.92 Å². The van der Waals surface area contributed by atoms with Gasteiger partial charge in [0.05, 0.1) is 0 Å². The van der Waals surface area contributed by atoms with Gasteiger partial charge in [0.1, 0.15) is 0 Å². The minimum atomic E-state index is 0. The van der Waals surface area contributed by atoms with Crippen LogP contribution in [-0.4, -0.2) is 13.1 Å². The van der Waals surface area contributed by atoms with Crippen molar-refractivity contribution in [2.45, 2.75) is 45.1 Å². The van der Waals surface area contributed by atoms with E-state index in [0.717, 1.165) is 12.0 Å². The first kappa shape index (κ1) is 8.06. The normalized spacial score (nSPS) is 35.4. The zero-order chi connectivity index (χ0) is 7.40. The first-order valence-electron chi connectivity index (χ1n) is 4.50. The van der Waals surface area contributed by atoms with Crippen LogP contribution in [0.5, 0.6) is 0 Å². The molecule has 0 amide bonds. The van der Waals surface area contributed by atoms with E-state index < -0.39 is 0 Å². The van der Waals surface area contributed by atoms with E-state index in [0.29, 0.717) is 0 Å². The first-order valence-corrected chi connectivity index (χ1v) is 4.50. The monoisotopic (exact) mass is 143 g/mol. The quantitative estimate of drug-likeness (QED) is 0.556. The molecule has 1 saturated carbocycles. The molecule has 0 radical (unpaired) electrons. The molecule has 2 atom stereocenters. The van der Waals surface area contributed by atoms with Crippen LogP contribution in [0.2, 0.25) is 0 Å². The van der Waals surface area contributed by atoms with E-state index in [1.807, 2.05) is 0 Å². The van der Waals surface area contributed by atoms with Crippen LogP contribution >= 0.6 is 0 Å². The van der Waals surface area contributed by atoms with E-state index in [9.17, 15) is 0 Å². The maximum Gasteiger partial charge on any atom is 0.00641 e. The highest BCUT2D eigenvalue weighted by molar-refractivity contribution is 4.71. The van der Waals surface area contributed by atoms with E-state index in [-0.39, 0.29) is 1.43 Å². The zero-order valence-corrected chi connectivity index (χ0v) is 7.19. The highest BCUT2D eigenvalue weighted by Crippen LogP contribution is 2.21. The average Bonchev–Trinajstić information content (AvgIpc) is 2.14. The van der Waals surface area contributed by atoms with Crippen LogP contribution in [0.25, 0.3) is 0 Å². The van der Waals surface area contributed by atoms with Crippen molar-refractivity contribution in [3.8, 4) is 0 Å². The van der Waals surface area contributed by atoms with Gasteiger partial charge in [0.2, 0.25) is 0 Å². The molecule has 0 aromatic carbocycles. The van der Waals surface area contributed by atoms with Crippen LogP contribution < -0.4 is 5.32 Å². The molecular weight excluding hydrogens is 122 g/mol. The Labute approximate surface area is 65.7 Å². The molecule has 0 bridgehead atoms. The lowest BCUT2D eigenvalue weighted by molar-refractivity contribution is 0.475. The van der Waals surface area contributed by atoms with Crippen molar-refractivity contribution in [1.29, 1.82) is 0 Å². The van der Waals surface area contributed by atoms with E-state index in [4.69, 9.17) is 0 Å². The van der Waals surface area contributed by atoms with Gasteiger partial charge in [-0.2, -0.15) is 0 Å². The third-order valence-corrected chi connectivity index (χ3v) is 2.67. The fourth-order valence-electron chi connectivity index (χ4n) is 1.78. The van der Waals surface area contributed by atoms with Gasteiger partial charge in [-0.1, -0.05) is 19.8 Å². The molecular formula is C9H21N. The fourth-order valence-corrected chi connectivity index (χ4v) is 1.78. The summed E-state index contributed by atoms with van der Waals surface area (Å²) in [6, 6.07) is 0.810. The van der Waals surface area contributed by atoms with Gasteiger partial charge < -0.3 is 5.32 Å². The smallest absolute Gasteiger partial charge is 0.00641 e. The molecule has 1 aliphatic rings. The molecule has 1 heteroatoms. The van der Waals surface area contributed by atoms with Gasteiger partial charge in [-0.15, -0.1) is 0 Å². The summed E-state index contributed by atoms with van der Waals surface area (Å²) in [6.45, 7) is 2.37. The van der Waals surface area contributed by atoms with E-state index >= 15 is 0 Å². The molecule has 0 unspecified atom stereocenters. The predicted molar refractivity (Wildman–Crippen MR) is 47.2 cm³/mol. The number of hydrogen-bond acceptors (Lipinski definition) is 1. The Morgan fingerprint density at radius 3 is 2.70 bits per heavy atom. The number of hydrogen-bond donors (Lipinski definition) is 1. The molecule has 10 heavy (non-hydrogen) atoms. The number of rotatable bonds is 1. The van der Waals surface area contributed by atoms with Crippen molar-refractivity contribution in [3.05, 3.63) is 0 Å². The Kier molecular flexibility index (Phi) is 3.20. The summed E-state index contributed by atoms with van der Waals surface area (Å²) in [6.07, 6.45) is 7.06. The Morgan fingerprint density at radius 1 is 1.20 bits per heavy atom. The maximum absolute atomic E-state index is 3.36. The Balaban J connectivity index is 0.000001000. The summed E-state index contributed by atoms with van der Waals surface area (Å²) >= 11 is 0. The molecule has 1 nitrogen and oxygen atoms in total. The van der Waals surface area contributed by atoms with Crippen molar-refractivity contribution in [2.24, 2.45) is 5.92 Å². The summed E-state index contributed by atoms with van der Waals surface area (Å²) < 4.78 is 0. The summed E-state index contributed by atoms with van der Waals surface area (Å²) in [5.41, 5.74) is 0. The molecule has 1 rings (SSSR count). The minimum absolute atomic E-state index is 0. The summed E-state index contributed by atoms with van der Waals surface area (Å²) in [5.74, 6) is 0.971. The first-order chi connectivity index (χ1) is 4.83. The van der Waals surface area contributed by atoms with Crippen molar-refractivity contribution < 1.29 is 1.43 Å². The van der Waals surface area contributed by atoms with Crippen molar-refractivity contribution in [1.82, 2.24) is 5.32 Å². The second kappa shape index (κ2) is 3.97. The van der Waals surface area contributed by atoms with Gasteiger partial charge in [0, 0.05) is 7.47 Å². The molecule has 0 heterocycles. The predicted octanol–water partition coefficient (Wildman–Crippen LogP) is 2.42. The lowest BCUT2D eigenvalue weighted by Gasteiger charge is -2.11. The Bertz CT molecular complexity index is 95.6. The standard InChI is InChI=1S/C9H19N.H2/c1-8-4-3-5-9(10-2)7-6-8;/h8-10H,3-7H2,1-2H3;1H/t8-,9+;/m0./s1. The lowest BCUT2D eigenvalue weighted by atomic mass is 10.0. The molecule has 1 N–H and O–H groups in total. The molecule has 0 aromatic rings. The van der Waals surface area contributed by atoms with E-state index in [1.54, 1.807) is 0 Å². The third-order valence-electron chi connectivity index (χ3n) is 2.67. The summed E-state index contributed by atoms with van der Waals surface area (Å²) in [5, 5.41) is 3.36. The van der Waals surface area contributed by atoms with Crippen molar-refractivity contribution >= 4 is 0 Å². The molecule has 0 saturated heterocycles. The molecule has 1 aliphatic carbocycles. The fraction of sp³-hybridized carbons (Fsp3) is 1.00. The van der Waals surface area contributed by atoms with Crippen molar-refractivity contribution in [3.63, 3.8) is 0 Å². The summed E-state index contributed by atoms with van der Waals surface area (Å²) in [4.78, 5) is 0. The molecule has 0 aromatic heterocycles. The molecule has 0 aliphatic heterocycles. The second-order valence-corrected chi connectivity index (χ2v) is 3.60. The van der Waals surface area contributed by atoms with E-state index in [1.165, 1.54) is 32.1 Å². The van der Waals surface area contributed by atoms with Gasteiger partial charge in [0.25, 0.3) is 0 Å².